The molecule has 1 aliphatic heterocycles. The Morgan fingerprint density at radius 1 is 1.26 bits per heavy atom. The molecule has 3 aromatic rings. The van der Waals surface area contributed by atoms with Crippen molar-refractivity contribution in [3.05, 3.63) is 64.0 Å². The fourth-order valence-corrected chi connectivity index (χ4v) is 3.89. The Bertz CT molecular complexity index is 1010. The third kappa shape index (κ3) is 3.85. The number of nitrogens with one attached hydrogen (secondary N) is 1. The highest BCUT2D eigenvalue weighted by atomic mass is 16.5. The van der Waals surface area contributed by atoms with Gasteiger partial charge in [0.05, 0.1) is 18.5 Å². The van der Waals surface area contributed by atoms with Crippen LogP contribution in [0.5, 0.6) is 5.75 Å². The molecule has 0 saturated carbocycles. The number of methoxy groups -OCH3 is 1. The van der Waals surface area contributed by atoms with Crippen LogP contribution in [0, 0.1) is 6.92 Å². The van der Waals surface area contributed by atoms with E-state index < -0.39 is 0 Å². The highest BCUT2D eigenvalue weighted by molar-refractivity contribution is 5.84. The molecule has 1 fully saturated rings. The summed E-state index contributed by atoms with van der Waals surface area (Å²) < 4.78 is 5.45. The number of hydrogen-bond acceptors (Lipinski definition) is 5. The molecule has 6 nitrogen and oxygen atoms in total. The van der Waals surface area contributed by atoms with Crippen LogP contribution in [-0.4, -0.2) is 40.1 Å². The second kappa shape index (κ2) is 7.48. The summed E-state index contributed by atoms with van der Waals surface area (Å²) in [7, 11) is 1.68. The Labute approximate surface area is 158 Å². The van der Waals surface area contributed by atoms with Gasteiger partial charge in [0, 0.05) is 30.5 Å². The predicted molar refractivity (Wildman–Crippen MR) is 105 cm³/mol. The third-order valence-corrected chi connectivity index (χ3v) is 5.15. The van der Waals surface area contributed by atoms with E-state index in [1.165, 1.54) is 0 Å². The van der Waals surface area contributed by atoms with E-state index in [4.69, 9.17) is 9.72 Å². The van der Waals surface area contributed by atoms with Gasteiger partial charge in [-0.1, -0.05) is 18.2 Å². The molecule has 140 valence electrons. The summed E-state index contributed by atoms with van der Waals surface area (Å²) in [6, 6.07) is 11.8. The molecule has 3 heterocycles. The first-order valence-electron chi connectivity index (χ1n) is 9.35. The Morgan fingerprint density at radius 3 is 2.96 bits per heavy atom. The van der Waals surface area contributed by atoms with Crippen LogP contribution in [-0.2, 0) is 6.54 Å². The Morgan fingerprint density at radius 2 is 2.15 bits per heavy atom. The first-order valence-corrected chi connectivity index (χ1v) is 9.35. The fraction of sp³-hybridized carbons (Fsp3) is 0.381. The summed E-state index contributed by atoms with van der Waals surface area (Å²) in [5.74, 6) is 1.77. The zero-order valence-corrected chi connectivity index (χ0v) is 15.7. The van der Waals surface area contributed by atoms with Gasteiger partial charge in [-0.2, -0.15) is 0 Å². The van der Waals surface area contributed by atoms with E-state index in [0.717, 1.165) is 60.5 Å². The van der Waals surface area contributed by atoms with Crippen LogP contribution in [0.1, 0.15) is 36.0 Å². The smallest absolute Gasteiger partial charge is 0.251 e. The summed E-state index contributed by atoms with van der Waals surface area (Å²) in [6.07, 6.45) is 2.15. The number of likely N-dealkylation sites (tertiary alicyclic amines) is 1. The molecular weight excluding hydrogens is 340 g/mol. The Balaban J connectivity index is 1.54. The van der Waals surface area contributed by atoms with Gasteiger partial charge in [-0.3, -0.25) is 9.69 Å². The largest absolute Gasteiger partial charge is 0.494 e. The number of pyridine rings is 1. The van der Waals surface area contributed by atoms with Gasteiger partial charge in [-0.15, -0.1) is 0 Å². The zero-order valence-electron chi connectivity index (χ0n) is 15.7. The molecule has 1 atom stereocenters. The average Bonchev–Trinajstić information content (AvgIpc) is 2.67. The third-order valence-electron chi connectivity index (χ3n) is 5.15. The molecule has 0 spiro atoms. The molecule has 0 aliphatic carbocycles. The van der Waals surface area contributed by atoms with Crippen LogP contribution >= 0.6 is 0 Å². The molecule has 1 unspecified atom stereocenters. The molecule has 1 saturated heterocycles. The SMILES string of the molecule is COc1cccc2ccc(CN3CCCC(c4cc(=O)[nH]c(C)n4)C3)nc12. The lowest BCUT2D eigenvalue weighted by Crippen LogP contribution is -2.35. The van der Waals surface area contributed by atoms with Crippen molar-refractivity contribution in [2.75, 3.05) is 20.2 Å². The highest BCUT2D eigenvalue weighted by Gasteiger charge is 2.23. The van der Waals surface area contributed by atoms with Crippen molar-refractivity contribution in [3.63, 3.8) is 0 Å². The summed E-state index contributed by atoms with van der Waals surface area (Å²) in [6.45, 7) is 4.54. The maximum atomic E-state index is 11.8. The Hall–Kier alpha value is -2.73. The number of hydrogen-bond donors (Lipinski definition) is 1. The number of nitrogens with zero attached hydrogens (tertiary/aromatic N) is 3. The number of fused-ring (bicyclic) bond motifs is 1. The minimum atomic E-state index is -0.0714. The van der Waals surface area contributed by atoms with E-state index >= 15 is 0 Å². The molecule has 4 rings (SSSR count). The molecule has 0 radical (unpaired) electrons. The number of aromatic amines is 1. The second-order valence-corrected chi connectivity index (χ2v) is 7.16. The fourth-order valence-electron chi connectivity index (χ4n) is 3.89. The van der Waals surface area contributed by atoms with Gasteiger partial charge in [0.1, 0.15) is 17.1 Å². The van der Waals surface area contributed by atoms with E-state index in [9.17, 15) is 4.79 Å². The van der Waals surface area contributed by atoms with E-state index in [1.807, 2.05) is 25.1 Å². The van der Waals surface area contributed by atoms with Gasteiger partial charge in [-0.05, 0) is 38.4 Å². The van der Waals surface area contributed by atoms with Gasteiger partial charge < -0.3 is 9.72 Å². The molecule has 6 heteroatoms. The van der Waals surface area contributed by atoms with Crippen LogP contribution in [0.25, 0.3) is 10.9 Å². The number of para-hydroxylation sites is 1. The monoisotopic (exact) mass is 364 g/mol. The van der Waals surface area contributed by atoms with Crippen LogP contribution in [0.4, 0.5) is 0 Å². The van der Waals surface area contributed by atoms with Crippen molar-refractivity contribution in [2.24, 2.45) is 0 Å². The lowest BCUT2D eigenvalue weighted by Gasteiger charge is -2.32. The van der Waals surface area contributed by atoms with Gasteiger partial charge in [0.25, 0.3) is 5.56 Å². The minimum Gasteiger partial charge on any atom is -0.494 e. The van der Waals surface area contributed by atoms with Gasteiger partial charge in [0.15, 0.2) is 0 Å². The van der Waals surface area contributed by atoms with Crippen molar-refractivity contribution in [1.82, 2.24) is 19.9 Å². The number of aromatic nitrogens is 3. The summed E-state index contributed by atoms with van der Waals surface area (Å²) >= 11 is 0. The number of piperidine rings is 1. The topological polar surface area (TPSA) is 71.1 Å². The van der Waals surface area contributed by atoms with E-state index in [1.54, 1.807) is 13.2 Å². The molecule has 27 heavy (non-hydrogen) atoms. The Kier molecular flexibility index (Phi) is 4.90. The summed E-state index contributed by atoms with van der Waals surface area (Å²) in [5, 5.41) is 1.08. The first-order chi connectivity index (χ1) is 13.1. The van der Waals surface area contributed by atoms with Crippen LogP contribution < -0.4 is 10.3 Å². The summed E-state index contributed by atoms with van der Waals surface area (Å²) in [5.41, 5.74) is 2.76. The van der Waals surface area contributed by atoms with Crippen LogP contribution in [0.15, 0.2) is 41.2 Å². The normalized spacial score (nSPS) is 17.9. The lowest BCUT2D eigenvalue weighted by molar-refractivity contribution is 0.196. The lowest BCUT2D eigenvalue weighted by atomic mass is 9.94. The molecular formula is C21H24N4O2. The zero-order chi connectivity index (χ0) is 18.8. The van der Waals surface area contributed by atoms with Crippen LogP contribution in [0.3, 0.4) is 0 Å². The standard InChI is InChI=1S/C21H24N4O2/c1-14-22-18(11-20(26)23-14)16-6-4-10-25(12-16)13-17-9-8-15-5-3-7-19(27-2)21(15)24-17/h3,5,7-9,11,16H,4,6,10,12-13H2,1-2H3,(H,22,23,26). The predicted octanol–water partition coefficient (Wildman–Crippen LogP) is 3.01. The number of benzene rings is 1. The molecule has 1 aliphatic rings. The number of aryl methyl sites for hydroxylation is 1. The summed E-state index contributed by atoms with van der Waals surface area (Å²) in [4.78, 5) is 26.3. The molecule has 0 bridgehead atoms. The van der Waals surface area contributed by atoms with Crippen molar-refractivity contribution < 1.29 is 4.74 Å². The average molecular weight is 364 g/mol. The van der Waals surface area contributed by atoms with Crippen molar-refractivity contribution >= 4 is 10.9 Å². The van der Waals surface area contributed by atoms with E-state index in [2.05, 4.69) is 27.0 Å². The van der Waals surface area contributed by atoms with Gasteiger partial charge >= 0.3 is 0 Å². The second-order valence-electron chi connectivity index (χ2n) is 7.16. The van der Waals surface area contributed by atoms with Crippen molar-refractivity contribution in [1.29, 1.82) is 0 Å². The maximum Gasteiger partial charge on any atom is 0.251 e. The number of ether oxygens (including phenoxy) is 1. The van der Waals surface area contributed by atoms with Crippen LogP contribution in [0.2, 0.25) is 0 Å². The number of H-pyrrole nitrogens is 1. The van der Waals surface area contributed by atoms with Crippen molar-refractivity contribution in [2.45, 2.75) is 32.2 Å². The van der Waals surface area contributed by atoms with Gasteiger partial charge in [0.2, 0.25) is 0 Å². The molecule has 0 amide bonds. The minimum absolute atomic E-state index is 0.0714. The first kappa shape index (κ1) is 17.7. The highest BCUT2D eigenvalue weighted by Crippen LogP contribution is 2.27. The van der Waals surface area contributed by atoms with E-state index in [-0.39, 0.29) is 11.5 Å². The number of rotatable bonds is 4. The van der Waals surface area contributed by atoms with Crippen molar-refractivity contribution in [3.8, 4) is 5.75 Å². The molecule has 1 N–H and O–H groups in total. The molecule has 2 aromatic heterocycles. The molecule has 1 aromatic carbocycles. The maximum absolute atomic E-state index is 11.8. The van der Waals surface area contributed by atoms with E-state index in [0.29, 0.717) is 5.82 Å². The van der Waals surface area contributed by atoms with Gasteiger partial charge in [-0.25, -0.2) is 9.97 Å². The quantitative estimate of drug-likeness (QED) is 0.770.